The SMILES string of the molecule is OC(CON1C=CCCC1)CN1CCCCC1. The minimum absolute atomic E-state index is 0.372. The van der Waals surface area contributed by atoms with Gasteiger partial charge in [-0.2, -0.15) is 0 Å². The van der Waals surface area contributed by atoms with Gasteiger partial charge in [0.05, 0.1) is 6.10 Å². The molecule has 4 heteroatoms. The first kappa shape index (κ1) is 12.9. The van der Waals surface area contributed by atoms with Gasteiger partial charge in [-0.15, -0.1) is 0 Å². The lowest BCUT2D eigenvalue weighted by Crippen LogP contribution is -2.39. The summed E-state index contributed by atoms with van der Waals surface area (Å²) in [7, 11) is 0. The average Bonchev–Trinajstić information content (AvgIpc) is 2.39. The molecule has 17 heavy (non-hydrogen) atoms. The highest BCUT2D eigenvalue weighted by Gasteiger charge is 2.15. The third-order valence-electron chi connectivity index (χ3n) is 3.37. The lowest BCUT2D eigenvalue weighted by atomic mass is 10.1. The number of likely N-dealkylation sites (tertiary alicyclic amines) is 1. The molecule has 0 radical (unpaired) electrons. The van der Waals surface area contributed by atoms with Crippen molar-refractivity contribution in [3.05, 3.63) is 12.3 Å². The fraction of sp³-hybridized carbons (Fsp3) is 0.846. The number of hydrogen-bond donors (Lipinski definition) is 1. The van der Waals surface area contributed by atoms with Crippen molar-refractivity contribution in [1.29, 1.82) is 0 Å². The van der Waals surface area contributed by atoms with E-state index in [9.17, 15) is 5.11 Å². The maximum atomic E-state index is 9.91. The molecule has 0 bridgehead atoms. The van der Waals surface area contributed by atoms with Crippen LogP contribution in [0.5, 0.6) is 0 Å². The fourth-order valence-corrected chi connectivity index (χ4v) is 2.41. The Hall–Kier alpha value is -0.580. The van der Waals surface area contributed by atoms with Crippen LogP contribution in [0.4, 0.5) is 0 Å². The van der Waals surface area contributed by atoms with Crippen molar-refractivity contribution in [2.45, 2.75) is 38.2 Å². The molecular formula is C13H24N2O2. The van der Waals surface area contributed by atoms with Gasteiger partial charge >= 0.3 is 0 Å². The monoisotopic (exact) mass is 240 g/mol. The smallest absolute Gasteiger partial charge is 0.102 e. The van der Waals surface area contributed by atoms with E-state index in [1.165, 1.54) is 19.3 Å². The predicted octanol–water partition coefficient (Wildman–Crippen LogP) is 1.37. The molecule has 2 aliphatic heterocycles. The molecule has 1 atom stereocenters. The summed E-state index contributed by atoms with van der Waals surface area (Å²) in [6.45, 7) is 4.34. The summed E-state index contributed by atoms with van der Waals surface area (Å²) in [5.41, 5.74) is 0. The van der Waals surface area contributed by atoms with Crippen molar-refractivity contribution in [2.75, 3.05) is 32.8 Å². The predicted molar refractivity (Wildman–Crippen MR) is 67.3 cm³/mol. The molecule has 2 rings (SSSR count). The zero-order chi connectivity index (χ0) is 11.9. The highest BCUT2D eigenvalue weighted by Crippen LogP contribution is 2.10. The molecular weight excluding hydrogens is 216 g/mol. The highest BCUT2D eigenvalue weighted by molar-refractivity contribution is 4.83. The number of rotatable bonds is 5. The fourth-order valence-electron chi connectivity index (χ4n) is 2.41. The third kappa shape index (κ3) is 4.66. The number of nitrogens with zero attached hydrogens (tertiary/aromatic N) is 2. The Morgan fingerprint density at radius 3 is 2.65 bits per heavy atom. The van der Waals surface area contributed by atoms with Crippen LogP contribution < -0.4 is 0 Å². The molecule has 1 saturated heterocycles. The van der Waals surface area contributed by atoms with Gasteiger partial charge in [-0.3, -0.25) is 9.90 Å². The molecule has 0 aromatic rings. The van der Waals surface area contributed by atoms with Gasteiger partial charge in [0.2, 0.25) is 0 Å². The molecule has 1 N–H and O–H groups in total. The van der Waals surface area contributed by atoms with Crippen LogP contribution in [-0.2, 0) is 4.84 Å². The minimum atomic E-state index is -0.372. The molecule has 1 fully saturated rings. The number of piperidine rings is 1. The summed E-state index contributed by atoms with van der Waals surface area (Å²) in [5, 5.41) is 11.8. The normalized spacial score (nSPS) is 23.9. The molecule has 98 valence electrons. The first-order chi connectivity index (χ1) is 8.34. The van der Waals surface area contributed by atoms with Gasteiger partial charge in [-0.1, -0.05) is 12.5 Å². The van der Waals surface area contributed by atoms with Gasteiger partial charge in [-0.25, -0.2) is 0 Å². The summed E-state index contributed by atoms with van der Waals surface area (Å²) in [4.78, 5) is 7.89. The Morgan fingerprint density at radius 1 is 1.12 bits per heavy atom. The van der Waals surface area contributed by atoms with E-state index in [0.29, 0.717) is 6.61 Å². The van der Waals surface area contributed by atoms with Crippen LogP contribution in [0.1, 0.15) is 32.1 Å². The van der Waals surface area contributed by atoms with Crippen molar-refractivity contribution in [2.24, 2.45) is 0 Å². The zero-order valence-electron chi connectivity index (χ0n) is 10.6. The second-order valence-corrected chi connectivity index (χ2v) is 4.98. The third-order valence-corrected chi connectivity index (χ3v) is 3.37. The van der Waals surface area contributed by atoms with Crippen molar-refractivity contribution in [1.82, 2.24) is 9.96 Å². The number of hydroxylamine groups is 2. The second-order valence-electron chi connectivity index (χ2n) is 4.98. The molecule has 2 aliphatic rings. The van der Waals surface area contributed by atoms with Crippen molar-refractivity contribution < 1.29 is 9.94 Å². The van der Waals surface area contributed by atoms with E-state index in [2.05, 4.69) is 11.0 Å². The Balaban J connectivity index is 1.61. The molecule has 0 saturated carbocycles. The minimum Gasteiger partial charge on any atom is -0.389 e. The van der Waals surface area contributed by atoms with E-state index < -0.39 is 0 Å². The van der Waals surface area contributed by atoms with Crippen molar-refractivity contribution in [3.63, 3.8) is 0 Å². The Bertz CT molecular complexity index is 240. The summed E-state index contributed by atoms with van der Waals surface area (Å²) >= 11 is 0. The second kappa shape index (κ2) is 6.99. The summed E-state index contributed by atoms with van der Waals surface area (Å²) < 4.78 is 0. The van der Waals surface area contributed by atoms with Crippen LogP contribution in [0.2, 0.25) is 0 Å². The summed E-state index contributed by atoms with van der Waals surface area (Å²) in [6, 6.07) is 0. The van der Waals surface area contributed by atoms with E-state index >= 15 is 0 Å². The van der Waals surface area contributed by atoms with Gasteiger partial charge in [0, 0.05) is 19.3 Å². The van der Waals surface area contributed by atoms with Crippen LogP contribution in [0, 0.1) is 0 Å². The molecule has 0 aliphatic carbocycles. The lowest BCUT2D eigenvalue weighted by Gasteiger charge is -2.29. The van der Waals surface area contributed by atoms with Crippen LogP contribution in [0.15, 0.2) is 12.3 Å². The van der Waals surface area contributed by atoms with Gasteiger partial charge < -0.3 is 10.0 Å². The van der Waals surface area contributed by atoms with Gasteiger partial charge in [0.25, 0.3) is 0 Å². The van der Waals surface area contributed by atoms with E-state index in [1.807, 2.05) is 11.3 Å². The molecule has 0 aromatic carbocycles. The maximum Gasteiger partial charge on any atom is 0.102 e. The zero-order valence-corrected chi connectivity index (χ0v) is 10.6. The molecule has 1 unspecified atom stereocenters. The topological polar surface area (TPSA) is 35.9 Å². The van der Waals surface area contributed by atoms with E-state index in [-0.39, 0.29) is 6.10 Å². The Labute approximate surface area is 104 Å². The van der Waals surface area contributed by atoms with Crippen LogP contribution >= 0.6 is 0 Å². The molecule has 4 nitrogen and oxygen atoms in total. The highest BCUT2D eigenvalue weighted by atomic mass is 16.7. The van der Waals surface area contributed by atoms with Crippen LogP contribution in [-0.4, -0.2) is 54.0 Å². The largest absolute Gasteiger partial charge is 0.389 e. The van der Waals surface area contributed by atoms with Crippen LogP contribution in [0.25, 0.3) is 0 Å². The Morgan fingerprint density at radius 2 is 1.94 bits per heavy atom. The Kier molecular flexibility index (Phi) is 5.29. The first-order valence-electron chi connectivity index (χ1n) is 6.81. The summed E-state index contributed by atoms with van der Waals surface area (Å²) in [5.74, 6) is 0. The number of hydrogen-bond acceptors (Lipinski definition) is 4. The van der Waals surface area contributed by atoms with E-state index in [0.717, 1.165) is 39.0 Å². The number of β-amino-alcohol motifs (C(OH)–C–C–N with tert-alkyl or cyclic N) is 1. The quantitative estimate of drug-likeness (QED) is 0.787. The van der Waals surface area contributed by atoms with Crippen molar-refractivity contribution >= 4 is 0 Å². The number of aliphatic hydroxyl groups is 1. The van der Waals surface area contributed by atoms with E-state index in [4.69, 9.17) is 4.84 Å². The molecule has 0 amide bonds. The molecule has 2 heterocycles. The van der Waals surface area contributed by atoms with E-state index in [1.54, 1.807) is 0 Å². The number of allylic oxidation sites excluding steroid dienone is 1. The van der Waals surface area contributed by atoms with Gasteiger partial charge in [0.15, 0.2) is 0 Å². The average molecular weight is 240 g/mol. The van der Waals surface area contributed by atoms with Gasteiger partial charge in [0.1, 0.15) is 6.61 Å². The van der Waals surface area contributed by atoms with Gasteiger partial charge in [-0.05, 0) is 38.8 Å². The maximum absolute atomic E-state index is 9.91. The lowest BCUT2D eigenvalue weighted by molar-refractivity contribution is -0.150. The van der Waals surface area contributed by atoms with Crippen molar-refractivity contribution in [3.8, 4) is 0 Å². The first-order valence-corrected chi connectivity index (χ1v) is 6.81. The standard InChI is InChI=1S/C13H24N2O2/c16-13(11-14-7-3-1-4-8-14)12-17-15-9-5-2-6-10-15/h5,9,13,16H,1-4,6-8,10-12H2. The number of aliphatic hydroxyl groups excluding tert-OH is 1. The van der Waals surface area contributed by atoms with Crippen LogP contribution in [0.3, 0.4) is 0 Å². The summed E-state index contributed by atoms with van der Waals surface area (Å²) in [6.07, 6.45) is 9.85. The molecule has 0 spiro atoms. The molecule has 0 aromatic heterocycles.